The fourth-order valence-electron chi connectivity index (χ4n) is 3.17. The lowest BCUT2D eigenvalue weighted by molar-refractivity contribution is 0.449. The Labute approximate surface area is 118 Å². The molecule has 106 valence electrons. The predicted octanol–water partition coefficient (Wildman–Crippen LogP) is 4.28. The Morgan fingerprint density at radius 1 is 1.05 bits per heavy atom. The first kappa shape index (κ1) is 14.6. The fraction of sp³-hybridized carbons (Fsp3) is 0.667. The maximum Gasteiger partial charge on any atom is 0.00701 e. The highest BCUT2D eigenvalue weighted by Gasteiger charge is 2.12. The molecule has 1 unspecified atom stereocenters. The van der Waals surface area contributed by atoms with Crippen LogP contribution in [0.5, 0.6) is 0 Å². The standard InChI is InChI=1S/C18H29N/c1-3-6-18(19-13-4-2)12-10-15-9-11-16-7-5-8-17(16)14-15/h9,11,14,18-19H,3-8,10,12-13H2,1-2H3. The summed E-state index contributed by atoms with van der Waals surface area (Å²) in [4.78, 5) is 0. The summed E-state index contributed by atoms with van der Waals surface area (Å²) in [5.41, 5.74) is 4.75. The van der Waals surface area contributed by atoms with Gasteiger partial charge in [0, 0.05) is 6.04 Å². The third-order valence-electron chi connectivity index (χ3n) is 4.26. The Kier molecular flexibility index (Phi) is 5.91. The maximum atomic E-state index is 3.69. The molecule has 0 fully saturated rings. The van der Waals surface area contributed by atoms with E-state index in [1.165, 1.54) is 51.4 Å². The van der Waals surface area contributed by atoms with Crippen LogP contribution in [0.25, 0.3) is 0 Å². The molecular weight excluding hydrogens is 230 g/mol. The van der Waals surface area contributed by atoms with Gasteiger partial charge in [-0.3, -0.25) is 0 Å². The van der Waals surface area contributed by atoms with Crippen LogP contribution in [-0.2, 0) is 19.3 Å². The molecule has 0 radical (unpaired) electrons. The molecule has 0 spiro atoms. The van der Waals surface area contributed by atoms with E-state index in [1.807, 2.05) is 0 Å². The molecule has 0 amide bonds. The van der Waals surface area contributed by atoms with E-state index in [0.717, 1.165) is 6.54 Å². The number of hydrogen-bond acceptors (Lipinski definition) is 1. The maximum absolute atomic E-state index is 3.69. The molecule has 1 aromatic rings. The summed E-state index contributed by atoms with van der Waals surface area (Å²) in [5.74, 6) is 0. The largest absolute Gasteiger partial charge is 0.314 e. The van der Waals surface area contributed by atoms with Crippen molar-refractivity contribution in [3.05, 3.63) is 34.9 Å². The second-order valence-corrected chi connectivity index (χ2v) is 5.94. The Bertz CT molecular complexity index is 383. The van der Waals surface area contributed by atoms with Crippen molar-refractivity contribution in [1.82, 2.24) is 5.32 Å². The third-order valence-corrected chi connectivity index (χ3v) is 4.26. The van der Waals surface area contributed by atoms with Gasteiger partial charge in [0.15, 0.2) is 0 Å². The summed E-state index contributed by atoms with van der Waals surface area (Å²) >= 11 is 0. The van der Waals surface area contributed by atoms with Crippen LogP contribution in [-0.4, -0.2) is 12.6 Å². The molecule has 19 heavy (non-hydrogen) atoms. The third kappa shape index (κ3) is 4.35. The van der Waals surface area contributed by atoms with Gasteiger partial charge in [0.2, 0.25) is 0 Å². The molecule has 1 heteroatoms. The second kappa shape index (κ2) is 7.69. The van der Waals surface area contributed by atoms with E-state index in [4.69, 9.17) is 0 Å². The smallest absolute Gasteiger partial charge is 0.00701 e. The zero-order chi connectivity index (χ0) is 13.5. The molecule has 1 nitrogen and oxygen atoms in total. The quantitative estimate of drug-likeness (QED) is 0.735. The molecule has 1 N–H and O–H groups in total. The van der Waals surface area contributed by atoms with E-state index in [2.05, 4.69) is 37.4 Å². The summed E-state index contributed by atoms with van der Waals surface area (Å²) in [6.45, 7) is 5.70. The van der Waals surface area contributed by atoms with Crippen LogP contribution in [0.3, 0.4) is 0 Å². The van der Waals surface area contributed by atoms with Gasteiger partial charge in [-0.15, -0.1) is 0 Å². The molecule has 1 aliphatic carbocycles. The van der Waals surface area contributed by atoms with E-state index < -0.39 is 0 Å². The molecule has 0 aromatic heterocycles. The zero-order valence-electron chi connectivity index (χ0n) is 12.7. The van der Waals surface area contributed by atoms with Gasteiger partial charge in [-0.25, -0.2) is 0 Å². The Balaban J connectivity index is 1.85. The Morgan fingerprint density at radius 2 is 1.89 bits per heavy atom. The minimum absolute atomic E-state index is 0.707. The normalized spacial score (nSPS) is 15.5. The van der Waals surface area contributed by atoms with Gasteiger partial charge < -0.3 is 5.32 Å². The van der Waals surface area contributed by atoms with Crippen LogP contribution in [0.2, 0.25) is 0 Å². The summed E-state index contributed by atoms with van der Waals surface area (Å²) in [7, 11) is 0. The predicted molar refractivity (Wildman–Crippen MR) is 83.8 cm³/mol. The molecule has 1 atom stereocenters. The number of rotatable bonds is 8. The van der Waals surface area contributed by atoms with E-state index in [1.54, 1.807) is 16.7 Å². The van der Waals surface area contributed by atoms with Gasteiger partial charge in [-0.2, -0.15) is 0 Å². The Morgan fingerprint density at radius 3 is 2.68 bits per heavy atom. The van der Waals surface area contributed by atoms with Crippen LogP contribution >= 0.6 is 0 Å². The van der Waals surface area contributed by atoms with Crippen molar-refractivity contribution in [3.63, 3.8) is 0 Å². The van der Waals surface area contributed by atoms with Crippen molar-refractivity contribution in [2.24, 2.45) is 0 Å². The zero-order valence-corrected chi connectivity index (χ0v) is 12.7. The van der Waals surface area contributed by atoms with Crippen LogP contribution < -0.4 is 5.32 Å². The summed E-state index contributed by atoms with van der Waals surface area (Å²) in [6.07, 6.45) is 10.3. The summed E-state index contributed by atoms with van der Waals surface area (Å²) in [5, 5.41) is 3.69. The lowest BCUT2D eigenvalue weighted by Crippen LogP contribution is -2.30. The lowest BCUT2D eigenvalue weighted by Gasteiger charge is -2.18. The number of fused-ring (bicyclic) bond motifs is 1. The van der Waals surface area contributed by atoms with Crippen molar-refractivity contribution >= 4 is 0 Å². The molecule has 0 saturated heterocycles. The van der Waals surface area contributed by atoms with E-state index in [-0.39, 0.29) is 0 Å². The van der Waals surface area contributed by atoms with Gasteiger partial charge in [0.05, 0.1) is 0 Å². The Hall–Kier alpha value is -0.820. The number of hydrogen-bond donors (Lipinski definition) is 1. The number of aryl methyl sites for hydroxylation is 3. The fourth-order valence-corrected chi connectivity index (χ4v) is 3.17. The average molecular weight is 259 g/mol. The van der Waals surface area contributed by atoms with Crippen molar-refractivity contribution < 1.29 is 0 Å². The first-order chi connectivity index (χ1) is 9.33. The number of nitrogens with one attached hydrogen (secondary N) is 1. The van der Waals surface area contributed by atoms with Crippen molar-refractivity contribution in [3.8, 4) is 0 Å². The van der Waals surface area contributed by atoms with Gasteiger partial charge in [0.1, 0.15) is 0 Å². The van der Waals surface area contributed by atoms with Crippen LogP contribution in [0, 0.1) is 0 Å². The van der Waals surface area contributed by atoms with Crippen molar-refractivity contribution in [2.45, 2.75) is 71.3 Å². The topological polar surface area (TPSA) is 12.0 Å². The average Bonchev–Trinajstić information content (AvgIpc) is 2.89. The molecule has 1 aromatic carbocycles. The van der Waals surface area contributed by atoms with Crippen LogP contribution in [0.1, 0.15) is 62.6 Å². The molecule has 0 bridgehead atoms. The highest BCUT2D eigenvalue weighted by Crippen LogP contribution is 2.23. The van der Waals surface area contributed by atoms with E-state index in [9.17, 15) is 0 Å². The molecule has 0 saturated carbocycles. The minimum atomic E-state index is 0.707. The van der Waals surface area contributed by atoms with Gasteiger partial charge >= 0.3 is 0 Å². The molecule has 0 heterocycles. The summed E-state index contributed by atoms with van der Waals surface area (Å²) < 4.78 is 0. The molecule has 2 rings (SSSR count). The monoisotopic (exact) mass is 259 g/mol. The second-order valence-electron chi connectivity index (χ2n) is 5.94. The summed E-state index contributed by atoms with van der Waals surface area (Å²) in [6, 6.07) is 7.89. The van der Waals surface area contributed by atoms with Gasteiger partial charge in [0.25, 0.3) is 0 Å². The highest BCUT2D eigenvalue weighted by molar-refractivity contribution is 5.35. The molecule has 0 aliphatic heterocycles. The SMILES string of the molecule is CCCNC(CCC)CCc1ccc2c(c1)CCC2. The van der Waals surface area contributed by atoms with Crippen LogP contribution in [0.15, 0.2) is 18.2 Å². The number of benzene rings is 1. The molecular formula is C18H29N. The molecule has 1 aliphatic rings. The van der Waals surface area contributed by atoms with Crippen molar-refractivity contribution in [1.29, 1.82) is 0 Å². The minimum Gasteiger partial charge on any atom is -0.314 e. The van der Waals surface area contributed by atoms with Gasteiger partial charge in [-0.05, 0) is 68.2 Å². The highest BCUT2D eigenvalue weighted by atomic mass is 14.9. The van der Waals surface area contributed by atoms with E-state index >= 15 is 0 Å². The van der Waals surface area contributed by atoms with Gasteiger partial charge in [-0.1, -0.05) is 38.5 Å². The van der Waals surface area contributed by atoms with Crippen LogP contribution in [0.4, 0.5) is 0 Å². The first-order valence-corrected chi connectivity index (χ1v) is 8.17. The lowest BCUT2D eigenvalue weighted by atomic mass is 9.99. The van der Waals surface area contributed by atoms with E-state index in [0.29, 0.717) is 6.04 Å². The van der Waals surface area contributed by atoms with Crippen molar-refractivity contribution in [2.75, 3.05) is 6.54 Å². The first-order valence-electron chi connectivity index (χ1n) is 8.17.